The van der Waals surface area contributed by atoms with Crippen LogP contribution in [0.3, 0.4) is 0 Å². The standard InChI is InChI=1S/C16H17F3N4O3/c1-2-13-12(22-15(26)20-8-7-14(24)25)9-21-23(13)11-5-3-10(4-6-11)16(17,18)19/h3-6,9H,2,7-8H2,1H3,(H,24,25)(H2,20,22,26). The number of nitrogens with zero attached hydrogens (tertiary/aromatic N) is 2. The average Bonchev–Trinajstić information content (AvgIpc) is 2.96. The monoisotopic (exact) mass is 370 g/mol. The summed E-state index contributed by atoms with van der Waals surface area (Å²) < 4.78 is 39.4. The first-order valence-electron chi connectivity index (χ1n) is 7.73. The Bertz CT molecular complexity index is 785. The quantitative estimate of drug-likeness (QED) is 0.728. The first kappa shape index (κ1) is 19.3. The third-order valence-corrected chi connectivity index (χ3v) is 3.52. The average molecular weight is 370 g/mol. The van der Waals surface area contributed by atoms with Crippen LogP contribution < -0.4 is 10.6 Å². The molecule has 26 heavy (non-hydrogen) atoms. The minimum Gasteiger partial charge on any atom is -0.481 e. The molecule has 140 valence electrons. The number of nitrogens with one attached hydrogen (secondary N) is 2. The van der Waals surface area contributed by atoms with E-state index in [1.807, 2.05) is 6.92 Å². The number of aromatic nitrogens is 2. The summed E-state index contributed by atoms with van der Waals surface area (Å²) in [6.07, 6.45) is -2.78. The molecular weight excluding hydrogens is 353 g/mol. The molecule has 0 aliphatic heterocycles. The molecule has 1 aromatic carbocycles. The first-order chi connectivity index (χ1) is 12.2. The van der Waals surface area contributed by atoms with E-state index in [1.54, 1.807) is 0 Å². The number of aliphatic carboxylic acids is 1. The van der Waals surface area contributed by atoms with Crippen molar-refractivity contribution in [3.8, 4) is 5.69 Å². The maximum absolute atomic E-state index is 12.7. The molecule has 2 rings (SSSR count). The third kappa shape index (κ3) is 4.74. The molecule has 2 aromatic rings. The van der Waals surface area contributed by atoms with Crippen molar-refractivity contribution in [1.82, 2.24) is 15.1 Å². The van der Waals surface area contributed by atoms with Gasteiger partial charge in [-0.2, -0.15) is 18.3 Å². The van der Waals surface area contributed by atoms with E-state index in [9.17, 15) is 22.8 Å². The number of rotatable bonds is 6. The molecule has 0 aliphatic carbocycles. The number of benzene rings is 1. The molecule has 0 radical (unpaired) electrons. The van der Waals surface area contributed by atoms with Crippen molar-refractivity contribution in [2.45, 2.75) is 25.9 Å². The summed E-state index contributed by atoms with van der Waals surface area (Å²) in [6.45, 7) is 1.78. The molecule has 0 unspecified atom stereocenters. The maximum Gasteiger partial charge on any atom is 0.416 e. The van der Waals surface area contributed by atoms with Gasteiger partial charge in [-0.15, -0.1) is 0 Å². The van der Waals surface area contributed by atoms with Crippen LogP contribution in [0.2, 0.25) is 0 Å². The van der Waals surface area contributed by atoms with Gasteiger partial charge in [0, 0.05) is 6.54 Å². The lowest BCUT2D eigenvalue weighted by Gasteiger charge is -2.11. The van der Waals surface area contributed by atoms with Gasteiger partial charge in [0.2, 0.25) is 0 Å². The zero-order chi connectivity index (χ0) is 19.3. The van der Waals surface area contributed by atoms with Crippen LogP contribution in [0.5, 0.6) is 0 Å². The van der Waals surface area contributed by atoms with Crippen molar-refractivity contribution in [2.24, 2.45) is 0 Å². The summed E-state index contributed by atoms with van der Waals surface area (Å²) in [6, 6.07) is 3.93. The maximum atomic E-state index is 12.7. The fourth-order valence-corrected chi connectivity index (χ4v) is 2.28. The fraction of sp³-hybridized carbons (Fsp3) is 0.312. The lowest BCUT2D eigenvalue weighted by atomic mass is 10.2. The summed E-state index contributed by atoms with van der Waals surface area (Å²) >= 11 is 0. The van der Waals surface area contributed by atoms with Gasteiger partial charge < -0.3 is 15.7 Å². The molecule has 10 heteroatoms. The predicted octanol–water partition coefficient (Wildman–Crippen LogP) is 3.05. The van der Waals surface area contributed by atoms with Crippen LogP contribution in [-0.2, 0) is 17.4 Å². The number of alkyl halides is 3. The molecule has 0 bridgehead atoms. The Kier molecular flexibility index (Phi) is 5.86. The molecular formula is C16H17F3N4O3. The Labute approximate surface area is 146 Å². The number of carbonyl (C=O) groups excluding carboxylic acids is 1. The Morgan fingerprint density at radius 1 is 1.23 bits per heavy atom. The molecule has 0 atom stereocenters. The Morgan fingerprint density at radius 3 is 2.42 bits per heavy atom. The highest BCUT2D eigenvalue weighted by atomic mass is 19.4. The molecule has 2 amide bonds. The van der Waals surface area contributed by atoms with E-state index in [1.165, 1.54) is 23.0 Å². The van der Waals surface area contributed by atoms with E-state index in [2.05, 4.69) is 15.7 Å². The summed E-state index contributed by atoms with van der Waals surface area (Å²) in [5, 5.41) is 17.6. The van der Waals surface area contributed by atoms with Crippen molar-refractivity contribution in [3.63, 3.8) is 0 Å². The van der Waals surface area contributed by atoms with Crippen LogP contribution in [0, 0.1) is 0 Å². The van der Waals surface area contributed by atoms with Gasteiger partial charge in [0.05, 0.1) is 35.2 Å². The molecule has 3 N–H and O–H groups in total. The van der Waals surface area contributed by atoms with Gasteiger partial charge in [-0.05, 0) is 30.7 Å². The second kappa shape index (κ2) is 7.89. The molecule has 7 nitrogen and oxygen atoms in total. The zero-order valence-corrected chi connectivity index (χ0v) is 13.8. The number of halogens is 3. The summed E-state index contributed by atoms with van der Waals surface area (Å²) in [7, 11) is 0. The SMILES string of the molecule is CCc1c(NC(=O)NCCC(=O)O)cnn1-c1ccc(C(F)(F)F)cc1. The molecule has 0 fully saturated rings. The van der Waals surface area contributed by atoms with Gasteiger partial charge in [-0.25, -0.2) is 9.48 Å². The van der Waals surface area contributed by atoms with Crippen molar-refractivity contribution in [3.05, 3.63) is 41.7 Å². The summed E-state index contributed by atoms with van der Waals surface area (Å²) in [5.74, 6) is -1.03. The van der Waals surface area contributed by atoms with Crippen molar-refractivity contribution in [2.75, 3.05) is 11.9 Å². The highest BCUT2D eigenvalue weighted by Crippen LogP contribution is 2.30. The van der Waals surface area contributed by atoms with Crippen LogP contribution in [0.1, 0.15) is 24.6 Å². The van der Waals surface area contributed by atoms with E-state index in [0.717, 1.165) is 12.1 Å². The molecule has 1 heterocycles. The lowest BCUT2D eigenvalue weighted by molar-refractivity contribution is -0.138. The number of anilines is 1. The number of amides is 2. The predicted molar refractivity (Wildman–Crippen MR) is 87.2 cm³/mol. The van der Waals surface area contributed by atoms with Gasteiger partial charge in [0.25, 0.3) is 0 Å². The Balaban J connectivity index is 2.14. The number of hydrogen-bond donors (Lipinski definition) is 3. The minimum atomic E-state index is -4.42. The fourth-order valence-electron chi connectivity index (χ4n) is 2.28. The first-order valence-corrected chi connectivity index (χ1v) is 7.73. The van der Waals surface area contributed by atoms with E-state index in [4.69, 9.17) is 5.11 Å². The van der Waals surface area contributed by atoms with E-state index < -0.39 is 23.7 Å². The van der Waals surface area contributed by atoms with Crippen LogP contribution in [-0.4, -0.2) is 33.4 Å². The van der Waals surface area contributed by atoms with E-state index in [0.29, 0.717) is 23.5 Å². The Morgan fingerprint density at radius 2 is 1.88 bits per heavy atom. The van der Waals surface area contributed by atoms with Crippen molar-refractivity contribution < 1.29 is 27.9 Å². The van der Waals surface area contributed by atoms with Crippen molar-refractivity contribution in [1.29, 1.82) is 0 Å². The summed E-state index contributed by atoms with van der Waals surface area (Å²) in [4.78, 5) is 22.2. The Hall–Kier alpha value is -3.04. The number of carboxylic acids is 1. The highest BCUT2D eigenvalue weighted by Gasteiger charge is 2.30. The van der Waals surface area contributed by atoms with Gasteiger partial charge in [-0.3, -0.25) is 4.79 Å². The normalized spacial score (nSPS) is 11.2. The van der Waals surface area contributed by atoms with Crippen LogP contribution in [0.25, 0.3) is 5.69 Å². The number of carbonyl (C=O) groups is 2. The molecule has 0 saturated heterocycles. The zero-order valence-electron chi connectivity index (χ0n) is 13.8. The van der Waals surface area contributed by atoms with Crippen molar-refractivity contribution >= 4 is 17.7 Å². The van der Waals surface area contributed by atoms with Gasteiger partial charge in [0.15, 0.2) is 0 Å². The number of carboxylic acid groups (broad SMARTS) is 1. The second-order valence-corrected chi connectivity index (χ2v) is 5.34. The van der Waals surface area contributed by atoms with Crippen LogP contribution in [0.4, 0.5) is 23.7 Å². The van der Waals surface area contributed by atoms with Gasteiger partial charge in [0.1, 0.15) is 0 Å². The minimum absolute atomic E-state index is 0.0321. The lowest BCUT2D eigenvalue weighted by Crippen LogP contribution is -2.30. The summed E-state index contributed by atoms with van der Waals surface area (Å²) in [5.41, 5.74) is 0.648. The largest absolute Gasteiger partial charge is 0.481 e. The highest BCUT2D eigenvalue weighted by molar-refractivity contribution is 5.90. The van der Waals surface area contributed by atoms with Gasteiger partial charge >= 0.3 is 18.2 Å². The van der Waals surface area contributed by atoms with Gasteiger partial charge in [-0.1, -0.05) is 6.92 Å². The molecule has 0 spiro atoms. The van der Waals surface area contributed by atoms with Crippen LogP contribution in [0.15, 0.2) is 30.5 Å². The van der Waals surface area contributed by atoms with E-state index in [-0.39, 0.29) is 13.0 Å². The third-order valence-electron chi connectivity index (χ3n) is 3.52. The second-order valence-electron chi connectivity index (χ2n) is 5.34. The van der Waals surface area contributed by atoms with E-state index >= 15 is 0 Å². The van der Waals surface area contributed by atoms with Crippen LogP contribution >= 0.6 is 0 Å². The molecule has 0 aliphatic rings. The smallest absolute Gasteiger partial charge is 0.416 e. The topological polar surface area (TPSA) is 96.2 Å². The number of hydrogen-bond acceptors (Lipinski definition) is 3. The molecule has 1 aromatic heterocycles. The molecule has 0 saturated carbocycles. The number of urea groups is 1.